The monoisotopic (exact) mass is 265 g/mol. The summed E-state index contributed by atoms with van der Waals surface area (Å²) in [6.07, 6.45) is 7.56. The maximum absolute atomic E-state index is 5.72. The van der Waals surface area contributed by atoms with E-state index in [0.717, 1.165) is 43.9 Å². The van der Waals surface area contributed by atoms with Crippen LogP contribution in [0.25, 0.3) is 0 Å². The fraction of sp³-hybridized carbons (Fsp3) is 0.857. The van der Waals surface area contributed by atoms with E-state index < -0.39 is 0 Å². The van der Waals surface area contributed by atoms with Gasteiger partial charge in [-0.15, -0.1) is 0 Å². The van der Waals surface area contributed by atoms with Gasteiger partial charge in [0.1, 0.15) is 5.60 Å². The van der Waals surface area contributed by atoms with Gasteiger partial charge in [-0.2, -0.15) is 4.98 Å². The van der Waals surface area contributed by atoms with Crippen LogP contribution >= 0.6 is 0 Å². The average molecular weight is 265 g/mol. The summed E-state index contributed by atoms with van der Waals surface area (Å²) >= 11 is 0. The zero-order valence-electron chi connectivity index (χ0n) is 11.9. The Morgan fingerprint density at radius 2 is 2.05 bits per heavy atom. The number of ether oxygens (including phenoxy) is 1. The van der Waals surface area contributed by atoms with Crippen molar-refractivity contribution < 1.29 is 9.26 Å². The minimum atomic E-state index is -0.310. The molecule has 0 radical (unpaired) electrons. The third-order valence-corrected chi connectivity index (χ3v) is 4.89. The normalized spacial score (nSPS) is 30.0. The maximum Gasteiger partial charge on any atom is 0.247 e. The van der Waals surface area contributed by atoms with Crippen molar-refractivity contribution in [1.29, 1.82) is 0 Å². The van der Waals surface area contributed by atoms with E-state index in [2.05, 4.69) is 17.4 Å². The molecule has 1 saturated heterocycles. The summed E-state index contributed by atoms with van der Waals surface area (Å²) in [5, 5.41) is 7.76. The van der Waals surface area contributed by atoms with Gasteiger partial charge in [0.15, 0.2) is 0 Å². The molecule has 0 bridgehead atoms. The van der Waals surface area contributed by atoms with Crippen molar-refractivity contribution in [2.75, 3.05) is 13.7 Å². The standard InChI is InChI=1S/C14H23N3O2/c1-3-13(7-6-10-15-13)12-16-11(17-19-12)14(18-2)8-4-5-9-14/h15H,3-10H2,1-2H3. The Kier molecular flexibility index (Phi) is 3.35. The van der Waals surface area contributed by atoms with E-state index in [4.69, 9.17) is 14.2 Å². The smallest absolute Gasteiger partial charge is 0.247 e. The molecule has 2 aliphatic rings. The summed E-state index contributed by atoms with van der Waals surface area (Å²) in [7, 11) is 1.75. The van der Waals surface area contributed by atoms with Crippen LogP contribution in [0, 0.1) is 0 Å². The lowest BCUT2D eigenvalue weighted by Gasteiger charge is -2.24. The largest absolute Gasteiger partial charge is 0.370 e. The number of rotatable bonds is 4. The Morgan fingerprint density at radius 3 is 2.63 bits per heavy atom. The zero-order valence-corrected chi connectivity index (χ0v) is 11.9. The van der Waals surface area contributed by atoms with Crippen LogP contribution in [-0.2, 0) is 15.9 Å². The van der Waals surface area contributed by atoms with Gasteiger partial charge in [-0.05, 0) is 51.5 Å². The van der Waals surface area contributed by atoms with Crippen LogP contribution in [-0.4, -0.2) is 23.8 Å². The highest BCUT2D eigenvalue weighted by atomic mass is 16.5. The molecule has 1 aromatic rings. The van der Waals surface area contributed by atoms with Gasteiger partial charge in [-0.3, -0.25) is 0 Å². The highest BCUT2D eigenvalue weighted by molar-refractivity contribution is 5.11. The second-order valence-corrected chi connectivity index (χ2v) is 5.79. The van der Waals surface area contributed by atoms with Crippen LogP contribution in [0.4, 0.5) is 0 Å². The lowest BCUT2D eigenvalue weighted by Crippen LogP contribution is -2.36. The van der Waals surface area contributed by atoms with Gasteiger partial charge in [0.05, 0.1) is 5.54 Å². The Bertz CT molecular complexity index is 393. The Balaban J connectivity index is 1.90. The minimum absolute atomic E-state index is 0.112. The molecule has 2 heterocycles. The summed E-state index contributed by atoms with van der Waals surface area (Å²) in [6, 6.07) is 0. The highest BCUT2D eigenvalue weighted by Gasteiger charge is 2.44. The average Bonchev–Trinajstić information content (AvgIpc) is 3.18. The van der Waals surface area contributed by atoms with E-state index in [1.165, 1.54) is 19.3 Å². The van der Waals surface area contributed by atoms with Gasteiger partial charge < -0.3 is 14.6 Å². The molecule has 1 aromatic heterocycles. The summed E-state index contributed by atoms with van der Waals surface area (Å²) in [5.41, 5.74) is -0.423. The summed E-state index contributed by atoms with van der Waals surface area (Å²) in [5.74, 6) is 1.48. The zero-order chi connectivity index (χ0) is 13.3. The Morgan fingerprint density at radius 1 is 1.26 bits per heavy atom. The van der Waals surface area contributed by atoms with Crippen molar-refractivity contribution in [3.8, 4) is 0 Å². The molecule has 1 aliphatic carbocycles. The summed E-state index contributed by atoms with van der Waals surface area (Å²) in [4.78, 5) is 4.70. The molecular formula is C14H23N3O2. The van der Waals surface area contributed by atoms with Crippen molar-refractivity contribution in [1.82, 2.24) is 15.5 Å². The first-order valence-electron chi connectivity index (χ1n) is 7.39. The minimum Gasteiger partial charge on any atom is -0.370 e. The molecule has 1 atom stereocenters. The quantitative estimate of drug-likeness (QED) is 0.906. The number of hydrogen-bond donors (Lipinski definition) is 1. The lowest BCUT2D eigenvalue weighted by atomic mass is 9.94. The molecule has 0 amide bonds. The first-order valence-corrected chi connectivity index (χ1v) is 7.39. The molecule has 1 saturated carbocycles. The van der Waals surface area contributed by atoms with Gasteiger partial charge in [0, 0.05) is 7.11 Å². The van der Waals surface area contributed by atoms with Crippen LogP contribution in [0.5, 0.6) is 0 Å². The van der Waals surface area contributed by atoms with Crippen LogP contribution in [0.3, 0.4) is 0 Å². The number of nitrogens with one attached hydrogen (secondary N) is 1. The number of hydrogen-bond acceptors (Lipinski definition) is 5. The first-order chi connectivity index (χ1) is 9.25. The molecule has 1 N–H and O–H groups in total. The molecule has 1 unspecified atom stereocenters. The van der Waals surface area contributed by atoms with E-state index >= 15 is 0 Å². The van der Waals surface area contributed by atoms with E-state index in [1.54, 1.807) is 7.11 Å². The van der Waals surface area contributed by atoms with Gasteiger partial charge in [0.2, 0.25) is 11.7 Å². The third-order valence-electron chi connectivity index (χ3n) is 4.89. The lowest BCUT2D eigenvalue weighted by molar-refractivity contribution is -0.0178. The van der Waals surface area contributed by atoms with Crippen LogP contribution < -0.4 is 5.32 Å². The number of aromatic nitrogens is 2. The van der Waals surface area contributed by atoms with Crippen molar-refractivity contribution >= 4 is 0 Å². The SMILES string of the molecule is CCC1(c2nc(C3(OC)CCCC3)no2)CCCN1. The highest BCUT2D eigenvalue weighted by Crippen LogP contribution is 2.41. The fourth-order valence-electron chi connectivity index (χ4n) is 3.51. The summed E-state index contributed by atoms with van der Waals surface area (Å²) in [6.45, 7) is 3.20. The van der Waals surface area contributed by atoms with Crippen LogP contribution in [0.2, 0.25) is 0 Å². The topological polar surface area (TPSA) is 60.2 Å². The first kappa shape index (κ1) is 13.1. The van der Waals surface area contributed by atoms with Gasteiger partial charge >= 0.3 is 0 Å². The van der Waals surface area contributed by atoms with Crippen molar-refractivity contribution in [3.63, 3.8) is 0 Å². The van der Waals surface area contributed by atoms with Crippen molar-refractivity contribution in [3.05, 3.63) is 11.7 Å². The Hall–Kier alpha value is -0.940. The molecule has 0 spiro atoms. The molecule has 3 rings (SSSR count). The number of methoxy groups -OCH3 is 1. The molecule has 5 nitrogen and oxygen atoms in total. The fourth-order valence-corrected chi connectivity index (χ4v) is 3.51. The van der Waals surface area contributed by atoms with E-state index in [9.17, 15) is 0 Å². The van der Waals surface area contributed by atoms with E-state index in [1.807, 2.05) is 0 Å². The molecule has 106 valence electrons. The van der Waals surface area contributed by atoms with Crippen molar-refractivity contribution in [2.45, 2.75) is 63.0 Å². The molecule has 2 fully saturated rings. The maximum atomic E-state index is 5.72. The third kappa shape index (κ3) is 1.99. The predicted octanol–water partition coefficient (Wildman–Crippen LogP) is 2.47. The second kappa shape index (κ2) is 4.87. The van der Waals surface area contributed by atoms with Gasteiger partial charge in [-0.25, -0.2) is 0 Å². The summed E-state index contributed by atoms with van der Waals surface area (Å²) < 4.78 is 11.3. The molecular weight excluding hydrogens is 242 g/mol. The molecule has 0 aromatic carbocycles. The number of nitrogens with zero attached hydrogens (tertiary/aromatic N) is 2. The van der Waals surface area contributed by atoms with Crippen molar-refractivity contribution in [2.24, 2.45) is 0 Å². The predicted molar refractivity (Wildman–Crippen MR) is 70.7 cm³/mol. The molecule has 19 heavy (non-hydrogen) atoms. The molecule has 5 heteroatoms. The van der Waals surface area contributed by atoms with Gasteiger partial charge in [-0.1, -0.05) is 12.1 Å². The van der Waals surface area contributed by atoms with Crippen LogP contribution in [0.15, 0.2) is 4.52 Å². The van der Waals surface area contributed by atoms with E-state index in [0.29, 0.717) is 0 Å². The van der Waals surface area contributed by atoms with Crippen LogP contribution in [0.1, 0.15) is 63.6 Å². The van der Waals surface area contributed by atoms with E-state index in [-0.39, 0.29) is 11.1 Å². The second-order valence-electron chi connectivity index (χ2n) is 5.79. The van der Waals surface area contributed by atoms with Gasteiger partial charge in [0.25, 0.3) is 0 Å². The molecule has 1 aliphatic heterocycles. The Labute approximate surface area is 114 Å².